The average molecular weight is 196 g/mol. The zero-order valence-electron chi connectivity index (χ0n) is 7.55. The highest BCUT2D eigenvalue weighted by Gasteiger charge is 2.27. The van der Waals surface area contributed by atoms with E-state index < -0.39 is 0 Å². The van der Waals surface area contributed by atoms with Crippen LogP contribution in [0, 0.1) is 0 Å². The molecule has 1 nitrogen and oxygen atoms in total. The first-order valence-electron chi connectivity index (χ1n) is 4.81. The SMILES string of the molecule is Cl.c1cc2c(c(C3CC3)c1)CCN2. The molecule has 1 heterocycles. The van der Waals surface area contributed by atoms with Crippen molar-refractivity contribution < 1.29 is 0 Å². The number of hydrogen-bond acceptors (Lipinski definition) is 1. The monoisotopic (exact) mass is 195 g/mol. The molecule has 0 spiro atoms. The lowest BCUT2D eigenvalue weighted by molar-refractivity contribution is 1.04. The highest BCUT2D eigenvalue weighted by molar-refractivity contribution is 5.85. The summed E-state index contributed by atoms with van der Waals surface area (Å²) in [4.78, 5) is 0. The van der Waals surface area contributed by atoms with Gasteiger partial charge in [0, 0.05) is 12.2 Å². The van der Waals surface area contributed by atoms with E-state index in [0.717, 1.165) is 12.5 Å². The lowest BCUT2D eigenvalue weighted by Crippen LogP contribution is -1.90. The number of nitrogens with one attached hydrogen (secondary N) is 1. The Hall–Kier alpha value is -0.690. The Morgan fingerprint density at radius 1 is 1.23 bits per heavy atom. The standard InChI is InChI=1S/C11H13N.ClH/c1-2-9(8-4-5-8)10-6-7-12-11(10)3-1;/h1-3,8,12H,4-7H2;1H. The summed E-state index contributed by atoms with van der Waals surface area (Å²) in [5, 5.41) is 3.42. The molecule has 1 fully saturated rings. The molecule has 0 aromatic heterocycles. The molecule has 1 aliphatic carbocycles. The van der Waals surface area contributed by atoms with Crippen LogP contribution >= 0.6 is 12.4 Å². The molecule has 1 aromatic rings. The van der Waals surface area contributed by atoms with Gasteiger partial charge in [0.2, 0.25) is 0 Å². The molecule has 3 rings (SSSR count). The van der Waals surface area contributed by atoms with Crippen LogP contribution in [-0.4, -0.2) is 6.54 Å². The molecule has 1 N–H and O–H groups in total. The predicted molar refractivity (Wildman–Crippen MR) is 57.9 cm³/mol. The van der Waals surface area contributed by atoms with Gasteiger partial charge in [0.15, 0.2) is 0 Å². The molecule has 0 unspecified atom stereocenters. The second kappa shape index (κ2) is 3.22. The van der Waals surface area contributed by atoms with Crippen LogP contribution in [0.15, 0.2) is 18.2 Å². The first-order chi connectivity index (χ1) is 5.95. The molecular weight excluding hydrogens is 182 g/mol. The molecule has 0 atom stereocenters. The number of anilines is 1. The minimum atomic E-state index is 0. The Bertz CT molecular complexity index is 318. The summed E-state index contributed by atoms with van der Waals surface area (Å²) in [6.45, 7) is 1.14. The van der Waals surface area contributed by atoms with Crippen LogP contribution in [0.2, 0.25) is 0 Å². The molecule has 0 saturated heterocycles. The Morgan fingerprint density at radius 2 is 2.08 bits per heavy atom. The Labute approximate surface area is 84.9 Å². The van der Waals surface area contributed by atoms with E-state index in [4.69, 9.17) is 0 Å². The first-order valence-corrected chi connectivity index (χ1v) is 4.81. The molecule has 13 heavy (non-hydrogen) atoms. The maximum Gasteiger partial charge on any atom is 0.0376 e. The van der Waals surface area contributed by atoms with Gasteiger partial charge in [-0.2, -0.15) is 0 Å². The zero-order valence-corrected chi connectivity index (χ0v) is 8.36. The third-order valence-corrected chi connectivity index (χ3v) is 2.92. The second-order valence-corrected chi connectivity index (χ2v) is 3.82. The van der Waals surface area contributed by atoms with Gasteiger partial charge in [0.05, 0.1) is 0 Å². The topological polar surface area (TPSA) is 12.0 Å². The average Bonchev–Trinajstić information content (AvgIpc) is 2.82. The molecule has 0 radical (unpaired) electrons. The van der Waals surface area contributed by atoms with E-state index in [1.165, 1.54) is 24.9 Å². The quantitative estimate of drug-likeness (QED) is 0.727. The fraction of sp³-hybridized carbons (Fsp3) is 0.455. The lowest BCUT2D eigenvalue weighted by Gasteiger charge is -2.05. The highest BCUT2D eigenvalue weighted by atomic mass is 35.5. The third-order valence-electron chi connectivity index (χ3n) is 2.92. The largest absolute Gasteiger partial charge is 0.384 e. The third kappa shape index (κ3) is 1.42. The minimum absolute atomic E-state index is 0. The summed E-state index contributed by atoms with van der Waals surface area (Å²) in [6.07, 6.45) is 4.06. The van der Waals surface area contributed by atoms with Crippen LogP contribution in [0.1, 0.15) is 29.9 Å². The van der Waals surface area contributed by atoms with Gasteiger partial charge in [0.1, 0.15) is 0 Å². The Kier molecular flexibility index (Phi) is 2.20. The number of rotatable bonds is 1. The highest BCUT2D eigenvalue weighted by Crippen LogP contribution is 2.44. The summed E-state index contributed by atoms with van der Waals surface area (Å²) in [7, 11) is 0. The molecule has 1 aromatic carbocycles. The van der Waals surface area contributed by atoms with Crippen molar-refractivity contribution in [3.63, 3.8) is 0 Å². The molecular formula is C11H14ClN. The van der Waals surface area contributed by atoms with Crippen LogP contribution in [0.25, 0.3) is 0 Å². The van der Waals surface area contributed by atoms with Crippen LogP contribution in [-0.2, 0) is 6.42 Å². The zero-order chi connectivity index (χ0) is 7.97. The van der Waals surface area contributed by atoms with Crippen molar-refractivity contribution in [2.75, 3.05) is 11.9 Å². The van der Waals surface area contributed by atoms with Gasteiger partial charge >= 0.3 is 0 Å². The van der Waals surface area contributed by atoms with Crippen molar-refractivity contribution in [1.82, 2.24) is 0 Å². The predicted octanol–water partition coefficient (Wildman–Crippen LogP) is 2.95. The first kappa shape index (κ1) is 8.89. The number of hydrogen-bond donors (Lipinski definition) is 1. The molecule has 0 amide bonds. The normalized spacial score (nSPS) is 18.8. The maximum atomic E-state index is 3.42. The van der Waals surface area contributed by atoms with Gasteiger partial charge in [0.25, 0.3) is 0 Å². The van der Waals surface area contributed by atoms with E-state index in [2.05, 4.69) is 23.5 Å². The molecule has 2 aliphatic rings. The van der Waals surface area contributed by atoms with Crippen molar-refractivity contribution in [1.29, 1.82) is 0 Å². The van der Waals surface area contributed by atoms with E-state index in [-0.39, 0.29) is 12.4 Å². The molecule has 0 bridgehead atoms. The number of fused-ring (bicyclic) bond motifs is 1. The molecule has 2 heteroatoms. The number of halogens is 1. The molecule has 1 saturated carbocycles. The fourth-order valence-corrected chi connectivity index (χ4v) is 2.15. The van der Waals surface area contributed by atoms with E-state index in [0.29, 0.717) is 0 Å². The summed E-state index contributed by atoms with van der Waals surface area (Å²) < 4.78 is 0. The van der Waals surface area contributed by atoms with Gasteiger partial charge in [-0.05, 0) is 42.4 Å². The van der Waals surface area contributed by atoms with E-state index in [1.807, 2.05) is 0 Å². The Morgan fingerprint density at radius 3 is 2.85 bits per heavy atom. The number of benzene rings is 1. The van der Waals surface area contributed by atoms with Crippen molar-refractivity contribution in [3.05, 3.63) is 29.3 Å². The lowest BCUT2D eigenvalue weighted by atomic mass is 10.0. The van der Waals surface area contributed by atoms with Gasteiger partial charge in [-0.15, -0.1) is 12.4 Å². The summed E-state index contributed by atoms with van der Waals surface area (Å²) in [6, 6.07) is 6.70. The molecule has 1 aliphatic heterocycles. The summed E-state index contributed by atoms with van der Waals surface area (Å²) in [5.41, 5.74) is 4.61. The summed E-state index contributed by atoms with van der Waals surface area (Å²) in [5.74, 6) is 0.903. The van der Waals surface area contributed by atoms with Crippen LogP contribution < -0.4 is 5.32 Å². The Balaban J connectivity index is 0.000000653. The van der Waals surface area contributed by atoms with Gasteiger partial charge in [-0.1, -0.05) is 12.1 Å². The van der Waals surface area contributed by atoms with Gasteiger partial charge in [-0.3, -0.25) is 0 Å². The van der Waals surface area contributed by atoms with Crippen molar-refractivity contribution in [2.24, 2.45) is 0 Å². The van der Waals surface area contributed by atoms with Gasteiger partial charge in [-0.25, -0.2) is 0 Å². The van der Waals surface area contributed by atoms with Crippen molar-refractivity contribution in [2.45, 2.75) is 25.2 Å². The van der Waals surface area contributed by atoms with Gasteiger partial charge < -0.3 is 5.32 Å². The maximum absolute atomic E-state index is 3.42. The van der Waals surface area contributed by atoms with Crippen molar-refractivity contribution in [3.8, 4) is 0 Å². The van der Waals surface area contributed by atoms with Crippen LogP contribution in [0.3, 0.4) is 0 Å². The van der Waals surface area contributed by atoms with Crippen LogP contribution in [0.4, 0.5) is 5.69 Å². The minimum Gasteiger partial charge on any atom is -0.384 e. The van der Waals surface area contributed by atoms with Crippen LogP contribution in [0.5, 0.6) is 0 Å². The van der Waals surface area contributed by atoms with Crippen molar-refractivity contribution >= 4 is 18.1 Å². The second-order valence-electron chi connectivity index (χ2n) is 3.82. The van der Waals surface area contributed by atoms with E-state index in [1.54, 1.807) is 11.1 Å². The summed E-state index contributed by atoms with van der Waals surface area (Å²) >= 11 is 0. The fourth-order valence-electron chi connectivity index (χ4n) is 2.15. The smallest absolute Gasteiger partial charge is 0.0376 e. The van der Waals surface area contributed by atoms with E-state index >= 15 is 0 Å². The molecule has 70 valence electrons. The van der Waals surface area contributed by atoms with E-state index in [9.17, 15) is 0 Å².